The zero-order valence-corrected chi connectivity index (χ0v) is 16.0. The van der Waals surface area contributed by atoms with Gasteiger partial charge in [0.15, 0.2) is 5.96 Å². The summed E-state index contributed by atoms with van der Waals surface area (Å²) in [5, 5.41) is 6.27. The highest BCUT2D eigenvalue weighted by Gasteiger charge is 2.04. The Kier molecular flexibility index (Phi) is 12.9. The molecule has 1 aromatic carbocycles. The van der Waals surface area contributed by atoms with Crippen molar-refractivity contribution < 1.29 is 13.5 Å². The van der Waals surface area contributed by atoms with Crippen LogP contribution in [0.1, 0.15) is 25.8 Å². The Morgan fingerprint density at radius 1 is 1.22 bits per heavy atom. The van der Waals surface area contributed by atoms with Crippen molar-refractivity contribution in [3.8, 4) is 0 Å². The van der Waals surface area contributed by atoms with E-state index in [2.05, 4.69) is 15.6 Å². The molecule has 0 aliphatic rings. The summed E-state index contributed by atoms with van der Waals surface area (Å²) < 4.78 is 31.6. The van der Waals surface area contributed by atoms with E-state index in [1.807, 2.05) is 13.8 Å². The third kappa shape index (κ3) is 9.70. The number of hydrogen-bond donors (Lipinski definition) is 2. The van der Waals surface area contributed by atoms with Gasteiger partial charge >= 0.3 is 0 Å². The predicted octanol–water partition coefficient (Wildman–Crippen LogP) is 3.11. The molecule has 0 heterocycles. The van der Waals surface area contributed by atoms with Gasteiger partial charge in [-0.25, -0.2) is 8.78 Å². The second kappa shape index (κ2) is 13.5. The molecule has 7 heteroatoms. The van der Waals surface area contributed by atoms with Gasteiger partial charge in [0.05, 0.1) is 0 Å². The van der Waals surface area contributed by atoms with Crippen LogP contribution in [0.25, 0.3) is 0 Å². The normalized spacial score (nSPS) is 11.0. The van der Waals surface area contributed by atoms with Crippen LogP contribution in [0.4, 0.5) is 8.78 Å². The van der Waals surface area contributed by atoms with Crippen LogP contribution < -0.4 is 10.6 Å². The maximum absolute atomic E-state index is 13.5. The number of ether oxygens (including phenoxy) is 1. The summed E-state index contributed by atoms with van der Waals surface area (Å²) in [5.41, 5.74) is 0.487. The molecule has 0 unspecified atom stereocenters. The van der Waals surface area contributed by atoms with Crippen LogP contribution in [-0.2, 0) is 11.2 Å². The van der Waals surface area contributed by atoms with E-state index < -0.39 is 11.6 Å². The molecular weight excluding hydrogens is 415 g/mol. The lowest BCUT2D eigenvalue weighted by Crippen LogP contribution is -2.38. The molecule has 0 saturated carbocycles. The summed E-state index contributed by atoms with van der Waals surface area (Å²) in [6, 6.07) is 3.65. The van der Waals surface area contributed by atoms with Gasteiger partial charge in [0.1, 0.15) is 11.6 Å². The van der Waals surface area contributed by atoms with Gasteiger partial charge in [0.2, 0.25) is 0 Å². The smallest absolute Gasteiger partial charge is 0.191 e. The number of nitrogens with zero attached hydrogens (tertiary/aromatic N) is 1. The zero-order chi connectivity index (χ0) is 16.2. The van der Waals surface area contributed by atoms with Crippen LogP contribution in [0.5, 0.6) is 0 Å². The molecule has 0 spiro atoms. The number of nitrogens with one attached hydrogen (secondary N) is 2. The number of rotatable bonds is 9. The molecule has 0 fully saturated rings. The van der Waals surface area contributed by atoms with Gasteiger partial charge in [-0.05, 0) is 38.3 Å². The summed E-state index contributed by atoms with van der Waals surface area (Å²) in [4.78, 5) is 4.41. The lowest BCUT2D eigenvalue weighted by molar-refractivity contribution is 0.146. The molecule has 0 bridgehead atoms. The average Bonchev–Trinajstić information content (AvgIpc) is 2.49. The van der Waals surface area contributed by atoms with Gasteiger partial charge in [-0.15, -0.1) is 24.0 Å². The molecule has 0 aliphatic heterocycles. The molecular formula is C16H26F2IN3O. The third-order valence-electron chi connectivity index (χ3n) is 2.97. The molecule has 2 N–H and O–H groups in total. The first-order chi connectivity index (χ1) is 10.7. The standard InChI is InChI=1S/C16H25F2N3O.HI/c1-3-19-16(20-9-5-11-22-4-2)21-10-8-13-6-7-14(17)12-15(13)18;/h6-7,12H,3-5,8-11H2,1-2H3,(H2,19,20,21);1H. The maximum Gasteiger partial charge on any atom is 0.191 e. The summed E-state index contributed by atoms with van der Waals surface area (Å²) in [6.45, 7) is 7.30. The number of benzene rings is 1. The van der Waals surface area contributed by atoms with Crippen molar-refractivity contribution in [2.45, 2.75) is 26.7 Å². The van der Waals surface area contributed by atoms with Crippen molar-refractivity contribution in [1.29, 1.82) is 0 Å². The molecule has 0 atom stereocenters. The molecule has 132 valence electrons. The quantitative estimate of drug-likeness (QED) is 0.268. The fourth-order valence-electron chi connectivity index (χ4n) is 1.88. The van der Waals surface area contributed by atoms with Crippen LogP contribution in [0.15, 0.2) is 23.2 Å². The second-order valence-corrected chi connectivity index (χ2v) is 4.72. The fourth-order valence-corrected chi connectivity index (χ4v) is 1.88. The lowest BCUT2D eigenvalue weighted by Gasteiger charge is -2.11. The topological polar surface area (TPSA) is 45.7 Å². The van der Waals surface area contributed by atoms with E-state index in [1.54, 1.807) is 0 Å². The molecule has 23 heavy (non-hydrogen) atoms. The zero-order valence-electron chi connectivity index (χ0n) is 13.7. The van der Waals surface area contributed by atoms with E-state index in [4.69, 9.17) is 4.74 Å². The van der Waals surface area contributed by atoms with Crippen LogP contribution in [0.3, 0.4) is 0 Å². The number of halogens is 3. The maximum atomic E-state index is 13.5. The van der Waals surface area contributed by atoms with Crippen LogP contribution in [0, 0.1) is 11.6 Å². The summed E-state index contributed by atoms with van der Waals surface area (Å²) in [6.07, 6.45) is 1.33. The Hall–Kier alpha value is -0.960. The van der Waals surface area contributed by atoms with Gasteiger partial charge < -0.3 is 15.4 Å². The predicted molar refractivity (Wildman–Crippen MR) is 101 cm³/mol. The number of guanidine groups is 1. The van der Waals surface area contributed by atoms with Crippen molar-refractivity contribution in [2.75, 3.05) is 32.8 Å². The first kappa shape index (κ1) is 22.0. The first-order valence-corrected chi connectivity index (χ1v) is 7.71. The summed E-state index contributed by atoms with van der Waals surface area (Å²) >= 11 is 0. The van der Waals surface area contributed by atoms with E-state index in [0.29, 0.717) is 44.2 Å². The highest BCUT2D eigenvalue weighted by Crippen LogP contribution is 2.09. The SMILES string of the molecule is CCNC(=NCCCOCC)NCCc1ccc(F)cc1F.I. The molecule has 0 radical (unpaired) electrons. The Labute approximate surface area is 154 Å². The molecule has 1 rings (SSSR count). The lowest BCUT2D eigenvalue weighted by atomic mass is 10.1. The third-order valence-corrected chi connectivity index (χ3v) is 2.97. The second-order valence-electron chi connectivity index (χ2n) is 4.72. The van der Waals surface area contributed by atoms with Gasteiger partial charge in [0.25, 0.3) is 0 Å². The Bertz CT molecular complexity index is 473. The van der Waals surface area contributed by atoms with Crippen LogP contribution >= 0.6 is 24.0 Å². The monoisotopic (exact) mass is 441 g/mol. The van der Waals surface area contributed by atoms with Crippen molar-refractivity contribution in [2.24, 2.45) is 4.99 Å². The number of aliphatic imine (C=N–C) groups is 1. The van der Waals surface area contributed by atoms with E-state index in [9.17, 15) is 8.78 Å². The largest absolute Gasteiger partial charge is 0.382 e. The van der Waals surface area contributed by atoms with Crippen LogP contribution in [-0.4, -0.2) is 38.8 Å². The minimum atomic E-state index is -0.557. The average molecular weight is 441 g/mol. The van der Waals surface area contributed by atoms with Crippen LogP contribution in [0.2, 0.25) is 0 Å². The van der Waals surface area contributed by atoms with E-state index in [-0.39, 0.29) is 24.0 Å². The van der Waals surface area contributed by atoms with E-state index in [0.717, 1.165) is 19.0 Å². The van der Waals surface area contributed by atoms with Gasteiger partial charge in [-0.1, -0.05) is 6.07 Å². The molecule has 0 saturated heterocycles. The molecule has 0 amide bonds. The van der Waals surface area contributed by atoms with Crippen molar-refractivity contribution in [1.82, 2.24) is 10.6 Å². The fraction of sp³-hybridized carbons (Fsp3) is 0.562. The van der Waals surface area contributed by atoms with E-state index >= 15 is 0 Å². The first-order valence-electron chi connectivity index (χ1n) is 7.71. The summed E-state index contributed by atoms with van der Waals surface area (Å²) in [5.74, 6) is -0.375. The minimum absolute atomic E-state index is 0. The Balaban J connectivity index is 0.00000484. The Morgan fingerprint density at radius 2 is 2.00 bits per heavy atom. The highest BCUT2D eigenvalue weighted by molar-refractivity contribution is 14.0. The van der Waals surface area contributed by atoms with Crippen molar-refractivity contribution in [3.63, 3.8) is 0 Å². The van der Waals surface area contributed by atoms with Gasteiger partial charge in [-0.2, -0.15) is 0 Å². The van der Waals surface area contributed by atoms with Gasteiger partial charge in [0, 0.05) is 38.9 Å². The molecule has 4 nitrogen and oxygen atoms in total. The minimum Gasteiger partial charge on any atom is -0.382 e. The highest BCUT2D eigenvalue weighted by atomic mass is 127. The molecule has 1 aromatic rings. The molecule has 0 aromatic heterocycles. The summed E-state index contributed by atoms with van der Waals surface area (Å²) in [7, 11) is 0. The van der Waals surface area contributed by atoms with Crippen molar-refractivity contribution >= 4 is 29.9 Å². The molecule has 0 aliphatic carbocycles. The Morgan fingerprint density at radius 3 is 2.65 bits per heavy atom. The van der Waals surface area contributed by atoms with Gasteiger partial charge in [-0.3, -0.25) is 4.99 Å². The van der Waals surface area contributed by atoms with Crippen molar-refractivity contribution in [3.05, 3.63) is 35.4 Å². The number of hydrogen-bond acceptors (Lipinski definition) is 2. The van der Waals surface area contributed by atoms with E-state index in [1.165, 1.54) is 12.1 Å².